The highest BCUT2D eigenvalue weighted by atomic mass is 16.3. The van der Waals surface area contributed by atoms with E-state index in [4.69, 9.17) is 10.8 Å². The lowest BCUT2D eigenvalue weighted by Gasteiger charge is -2.07. The number of aliphatic hydroxyl groups is 1. The van der Waals surface area contributed by atoms with Gasteiger partial charge in [-0.05, 0) is 22.3 Å². The molecule has 0 spiro atoms. The van der Waals surface area contributed by atoms with Crippen LogP contribution in [0.1, 0.15) is 22.3 Å². The van der Waals surface area contributed by atoms with Gasteiger partial charge in [-0.2, -0.15) is 0 Å². The largest absolute Gasteiger partial charge is 0.392 e. The van der Waals surface area contributed by atoms with E-state index in [9.17, 15) is 4.79 Å². The number of amides is 1. The summed E-state index contributed by atoms with van der Waals surface area (Å²) in [5, 5.41) is 11.9. The zero-order chi connectivity index (χ0) is 15.1. The lowest BCUT2D eigenvalue weighted by atomic mass is 10.1. The Kier molecular flexibility index (Phi) is 5.49. The molecule has 0 saturated carbocycles. The molecule has 0 heterocycles. The van der Waals surface area contributed by atoms with Gasteiger partial charge in [0.05, 0.1) is 13.0 Å². The zero-order valence-electron chi connectivity index (χ0n) is 11.9. The topological polar surface area (TPSA) is 75.4 Å². The van der Waals surface area contributed by atoms with Crippen molar-refractivity contribution in [2.45, 2.75) is 26.1 Å². The highest BCUT2D eigenvalue weighted by molar-refractivity contribution is 5.78. The fourth-order valence-electron chi connectivity index (χ4n) is 2.00. The van der Waals surface area contributed by atoms with Crippen LogP contribution >= 0.6 is 0 Å². The summed E-state index contributed by atoms with van der Waals surface area (Å²) in [5.74, 6) is -0.0123. The minimum absolute atomic E-state index is 0.0123. The van der Waals surface area contributed by atoms with Crippen molar-refractivity contribution in [1.29, 1.82) is 0 Å². The van der Waals surface area contributed by atoms with E-state index in [2.05, 4.69) is 5.32 Å². The number of nitrogens with one attached hydrogen (secondary N) is 1. The van der Waals surface area contributed by atoms with Gasteiger partial charge in [0.25, 0.3) is 0 Å². The number of carbonyl (C=O) groups is 1. The summed E-state index contributed by atoms with van der Waals surface area (Å²) in [4.78, 5) is 11.9. The van der Waals surface area contributed by atoms with Crippen molar-refractivity contribution in [2.75, 3.05) is 0 Å². The Hall–Kier alpha value is -2.17. The average molecular weight is 284 g/mol. The number of nitrogens with two attached hydrogens (primary N) is 1. The number of benzene rings is 2. The number of rotatable bonds is 6. The van der Waals surface area contributed by atoms with Gasteiger partial charge in [0.15, 0.2) is 0 Å². The number of hydrogen-bond acceptors (Lipinski definition) is 3. The molecule has 0 aromatic heterocycles. The van der Waals surface area contributed by atoms with Crippen LogP contribution in [-0.2, 0) is 30.9 Å². The Morgan fingerprint density at radius 3 is 2.00 bits per heavy atom. The van der Waals surface area contributed by atoms with Gasteiger partial charge in [0.2, 0.25) is 5.91 Å². The van der Waals surface area contributed by atoms with Crippen molar-refractivity contribution in [1.82, 2.24) is 5.32 Å². The summed E-state index contributed by atoms with van der Waals surface area (Å²) in [6.45, 7) is 1.03. The van der Waals surface area contributed by atoms with E-state index in [1.807, 2.05) is 48.5 Å². The quantitative estimate of drug-likeness (QED) is 0.752. The van der Waals surface area contributed by atoms with Gasteiger partial charge in [0, 0.05) is 13.1 Å². The van der Waals surface area contributed by atoms with Crippen LogP contribution in [0, 0.1) is 0 Å². The summed E-state index contributed by atoms with van der Waals surface area (Å²) >= 11 is 0. The summed E-state index contributed by atoms with van der Waals surface area (Å²) in [7, 11) is 0. The molecule has 0 radical (unpaired) electrons. The first-order valence-corrected chi connectivity index (χ1v) is 6.94. The van der Waals surface area contributed by atoms with Crippen LogP contribution in [0.4, 0.5) is 0 Å². The lowest BCUT2D eigenvalue weighted by molar-refractivity contribution is -0.120. The van der Waals surface area contributed by atoms with Gasteiger partial charge in [-0.15, -0.1) is 0 Å². The predicted molar refractivity (Wildman–Crippen MR) is 82.2 cm³/mol. The van der Waals surface area contributed by atoms with Gasteiger partial charge in [-0.25, -0.2) is 0 Å². The van der Waals surface area contributed by atoms with E-state index < -0.39 is 0 Å². The molecule has 21 heavy (non-hydrogen) atoms. The normalized spacial score (nSPS) is 10.4. The van der Waals surface area contributed by atoms with Gasteiger partial charge in [-0.1, -0.05) is 48.5 Å². The first-order chi connectivity index (χ1) is 10.2. The van der Waals surface area contributed by atoms with Crippen LogP contribution in [0.2, 0.25) is 0 Å². The molecule has 0 unspecified atom stereocenters. The third kappa shape index (κ3) is 4.70. The van der Waals surface area contributed by atoms with Gasteiger partial charge >= 0.3 is 0 Å². The Bertz CT molecular complexity index is 577. The monoisotopic (exact) mass is 284 g/mol. The summed E-state index contributed by atoms with van der Waals surface area (Å²) in [5.41, 5.74) is 9.45. The number of carbonyl (C=O) groups excluding carboxylic acids is 1. The van der Waals surface area contributed by atoms with E-state index >= 15 is 0 Å². The molecular weight excluding hydrogens is 264 g/mol. The molecule has 2 aromatic rings. The van der Waals surface area contributed by atoms with Gasteiger partial charge in [0.1, 0.15) is 0 Å². The van der Waals surface area contributed by atoms with E-state index in [1.54, 1.807) is 0 Å². The second kappa shape index (κ2) is 7.57. The SMILES string of the molecule is NCc1ccc(CC(=O)NCc2ccc(CO)cc2)cc1. The molecule has 1 amide bonds. The molecule has 0 aliphatic carbocycles. The molecule has 2 aromatic carbocycles. The lowest BCUT2D eigenvalue weighted by Crippen LogP contribution is -2.24. The molecule has 0 saturated heterocycles. The van der Waals surface area contributed by atoms with Crippen LogP contribution in [0.5, 0.6) is 0 Å². The van der Waals surface area contributed by atoms with Crippen molar-refractivity contribution in [2.24, 2.45) is 5.73 Å². The maximum absolute atomic E-state index is 11.9. The molecule has 4 N–H and O–H groups in total. The molecule has 0 aliphatic rings. The number of aliphatic hydroxyl groups excluding tert-OH is 1. The van der Waals surface area contributed by atoms with E-state index in [0.717, 1.165) is 22.3 Å². The maximum Gasteiger partial charge on any atom is 0.224 e. The third-order valence-electron chi connectivity index (χ3n) is 3.32. The Labute approximate surface area is 124 Å². The van der Waals surface area contributed by atoms with Crippen molar-refractivity contribution in [3.05, 3.63) is 70.8 Å². The Balaban J connectivity index is 1.83. The van der Waals surface area contributed by atoms with E-state index in [0.29, 0.717) is 19.5 Å². The van der Waals surface area contributed by atoms with Crippen LogP contribution in [0.15, 0.2) is 48.5 Å². The Morgan fingerprint density at radius 2 is 1.43 bits per heavy atom. The maximum atomic E-state index is 11.9. The highest BCUT2D eigenvalue weighted by Crippen LogP contribution is 2.06. The fourth-order valence-corrected chi connectivity index (χ4v) is 2.00. The second-order valence-electron chi connectivity index (χ2n) is 4.95. The first-order valence-electron chi connectivity index (χ1n) is 6.94. The molecule has 4 heteroatoms. The van der Waals surface area contributed by atoms with Crippen LogP contribution in [0.25, 0.3) is 0 Å². The van der Waals surface area contributed by atoms with E-state index in [-0.39, 0.29) is 12.5 Å². The molecule has 4 nitrogen and oxygen atoms in total. The van der Waals surface area contributed by atoms with E-state index in [1.165, 1.54) is 0 Å². The molecule has 0 atom stereocenters. The summed E-state index contributed by atoms with van der Waals surface area (Å²) in [6.07, 6.45) is 0.361. The van der Waals surface area contributed by atoms with Crippen molar-refractivity contribution in [3.63, 3.8) is 0 Å². The first kappa shape index (κ1) is 15.2. The molecule has 2 rings (SSSR count). The van der Waals surface area contributed by atoms with Crippen LogP contribution < -0.4 is 11.1 Å². The average Bonchev–Trinajstić information content (AvgIpc) is 2.54. The number of hydrogen-bond donors (Lipinski definition) is 3. The summed E-state index contributed by atoms with van der Waals surface area (Å²) < 4.78 is 0. The smallest absolute Gasteiger partial charge is 0.224 e. The van der Waals surface area contributed by atoms with Crippen molar-refractivity contribution >= 4 is 5.91 Å². The molecular formula is C17H20N2O2. The standard InChI is InChI=1S/C17H20N2O2/c18-10-14-3-1-13(2-4-14)9-17(21)19-11-15-5-7-16(12-20)8-6-15/h1-8,20H,9-12,18H2,(H,19,21). The highest BCUT2D eigenvalue weighted by Gasteiger charge is 2.03. The Morgan fingerprint density at radius 1 is 0.905 bits per heavy atom. The fraction of sp³-hybridized carbons (Fsp3) is 0.235. The predicted octanol–water partition coefficient (Wildman–Crippen LogP) is 1.50. The van der Waals surface area contributed by atoms with Crippen molar-refractivity contribution < 1.29 is 9.90 Å². The summed E-state index contributed by atoms with van der Waals surface area (Å²) in [6, 6.07) is 15.3. The molecule has 0 aliphatic heterocycles. The molecule has 110 valence electrons. The van der Waals surface area contributed by atoms with Crippen LogP contribution in [0.3, 0.4) is 0 Å². The minimum atomic E-state index is -0.0123. The van der Waals surface area contributed by atoms with Gasteiger partial charge in [-0.3, -0.25) is 4.79 Å². The minimum Gasteiger partial charge on any atom is -0.392 e. The zero-order valence-corrected chi connectivity index (χ0v) is 11.9. The third-order valence-corrected chi connectivity index (χ3v) is 3.32. The molecule has 0 bridgehead atoms. The second-order valence-corrected chi connectivity index (χ2v) is 4.95. The van der Waals surface area contributed by atoms with Crippen molar-refractivity contribution in [3.8, 4) is 0 Å². The molecule has 0 fully saturated rings. The van der Waals surface area contributed by atoms with Gasteiger partial charge < -0.3 is 16.2 Å². The van der Waals surface area contributed by atoms with Crippen LogP contribution in [-0.4, -0.2) is 11.0 Å².